The Balaban J connectivity index is 2.80. The van der Waals surface area contributed by atoms with Gasteiger partial charge in [-0.1, -0.05) is 0 Å². The van der Waals surface area contributed by atoms with Crippen LogP contribution in [0.1, 0.15) is 13.8 Å². The number of nitrogens with zero attached hydrogens (tertiary/aromatic N) is 3. The number of alkyl halides is 1. The maximum atomic E-state index is 8.88. The third-order valence-corrected chi connectivity index (χ3v) is 2.93. The van der Waals surface area contributed by atoms with Crippen molar-refractivity contribution in [1.82, 2.24) is 4.90 Å². The van der Waals surface area contributed by atoms with E-state index in [1.807, 2.05) is 38.1 Å². The molecule has 0 bridgehead atoms. The molecule has 0 aliphatic carbocycles. The average Bonchev–Trinajstić information content (AvgIpc) is 2.38. The third kappa shape index (κ3) is 4.13. The first-order valence-electron chi connectivity index (χ1n) is 5.96. The van der Waals surface area contributed by atoms with Crippen LogP contribution >= 0.6 is 11.6 Å². The smallest absolute Gasteiger partial charge is 0.137 e. The molecule has 1 aliphatic rings. The van der Waals surface area contributed by atoms with Crippen LogP contribution in [-0.4, -0.2) is 30.5 Å². The van der Waals surface area contributed by atoms with Gasteiger partial charge in [-0.15, -0.1) is 11.6 Å². The highest BCUT2D eigenvalue weighted by atomic mass is 35.5. The molecule has 0 fully saturated rings. The molecular formula is C14H16ClN3O. The van der Waals surface area contributed by atoms with Crippen molar-refractivity contribution in [3.63, 3.8) is 0 Å². The molecule has 5 heteroatoms. The summed E-state index contributed by atoms with van der Waals surface area (Å²) in [6.07, 6.45) is 3.69. The number of hydrogen-bond donors (Lipinski definition) is 0. The summed E-state index contributed by atoms with van der Waals surface area (Å²) in [7, 11) is 0. The van der Waals surface area contributed by atoms with Gasteiger partial charge in [0.15, 0.2) is 0 Å². The van der Waals surface area contributed by atoms with Gasteiger partial charge in [-0.05, 0) is 26.0 Å². The minimum absolute atomic E-state index is 0.136. The van der Waals surface area contributed by atoms with Crippen molar-refractivity contribution in [1.29, 1.82) is 10.5 Å². The molecular weight excluding hydrogens is 262 g/mol. The summed E-state index contributed by atoms with van der Waals surface area (Å²) in [4.78, 5) is 2.09. The Labute approximate surface area is 118 Å². The molecule has 0 aromatic rings. The van der Waals surface area contributed by atoms with Gasteiger partial charge in [-0.3, -0.25) is 0 Å². The van der Waals surface area contributed by atoms with Crippen LogP contribution in [0.4, 0.5) is 0 Å². The van der Waals surface area contributed by atoms with E-state index in [1.165, 1.54) is 0 Å². The molecule has 0 aromatic heterocycles. The van der Waals surface area contributed by atoms with Crippen molar-refractivity contribution < 1.29 is 4.74 Å². The molecule has 0 amide bonds. The van der Waals surface area contributed by atoms with Crippen LogP contribution < -0.4 is 0 Å². The zero-order chi connectivity index (χ0) is 14.3. The summed E-state index contributed by atoms with van der Waals surface area (Å²) in [5.41, 5.74) is 2.79. The number of rotatable bonds is 5. The minimum Gasteiger partial charge on any atom is -0.378 e. The van der Waals surface area contributed by atoms with Gasteiger partial charge in [0.1, 0.15) is 17.7 Å². The topological polar surface area (TPSA) is 60.0 Å². The van der Waals surface area contributed by atoms with Gasteiger partial charge >= 0.3 is 0 Å². The number of allylic oxidation sites excluding steroid dienone is 6. The zero-order valence-electron chi connectivity index (χ0n) is 11.1. The molecule has 1 heterocycles. The first-order chi connectivity index (χ1) is 9.13. The predicted molar refractivity (Wildman–Crippen MR) is 74.0 cm³/mol. The normalized spacial score (nSPS) is 14.4. The van der Waals surface area contributed by atoms with Crippen LogP contribution in [0.3, 0.4) is 0 Å². The van der Waals surface area contributed by atoms with E-state index in [1.54, 1.807) is 0 Å². The summed E-state index contributed by atoms with van der Waals surface area (Å²) in [5, 5.41) is 17.8. The average molecular weight is 278 g/mol. The van der Waals surface area contributed by atoms with Crippen molar-refractivity contribution >= 4 is 11.6 Å². The van der Waals surface area contributed by atoms with E-state index in [2.05, 4.69) is 4.90 Å². The van der Waals surface area contributed by atoms with Gasteiger partial charge in [0.25, 0.3) is 0 Å². The number of halogens is 1. The lowest BCUT2D eigenvalue weighted by Crippen LogP contribution is -2.26. The fourth-order valence-corrected chi connectivity index (χ4v) is 2.00. The van der Waals surface area contributed by atoms with Crippen LogP contribution in [0.5, 0.6) is 0 Å². The monoisotopic (exact) mass is 277 g/mol. The molecule has 100 valence electrons. The molecule has 0 aromatic carbocycles. The van der Waals surface area contributed by atoms with Crippen molar-refractivity contribution in [2.75, 3.05) is 25.6 Å². The molecule has 0 unspecified atom stereocenters. The summed E-state index contributed by atoms with van der Waals surface area (Å²) < 4.78 is 5.35. The zero-order valence-corrected chi connectivity index (χ0v) is 11.9. The summed E-state index contributed by atoms with van der Waals surface area (Å²) in [5.74, 6) is 0.490. The molecule has 0 saturated heterocycles. The lowest BCUT2D eigenvalue weighted by atomic mass is 10.0. The van der Waals surface area contributed by atoms with E-state index in [9.17, 15) is 0 Å². The SMILES string of the molecule is CC1=CC(=C(C#N)C#N)C=C(C)N1CCOCCCl. The lowest BCUT2D eigenvalue weighted by Gasteiger charge is -2.29. The Morgan fingerprint density at radius 2 is 1.79 bits per heavy atom. The lowest BCUT2D eigenvalue weighted by molar-refractivity contribution is 0.133. The molecule has 0 radical (unpaired) electrons. The third-order valence-electron chi connectivity index (χ3n) is 2.77. The first-order valence-corrected chi connectivity index (χ1v) is 6.49. The van der Waals surface area contributed by atoms with Crippen molar-refractivity contribution in [3.05, 3.63) is 34.7 Å². The highest BCUT2D eigenvalue weighted by Crippen LogP contribution is 2.24. The standard InChI is InChI=1S/C14H16ClN3O/c1-11-7-13(14(9-16)10-17)8-12(2)18(11)4-6-19-5-3-15/h7-8H,3-6H2,1-2H3. The highest BCUT2D eigenvalue weighted by Gasteiger charge is 2.15. The largest absolute Gasteiger partial charge is 0.378 e. The van der Waals surface area contributed by atoms with E-state index in [4.69, 9.17) is 26.9 Å². The van der Waals surface area contributed by atoms with E-state index in [0.717, 1.165) is 17.9 Å². The van der Waals surface area contributed by atoms with Gasteiger partial charge in [-0.2, -0.15) is 10.5 Å². The van der Waals surface area contributed by atoms with Crippen molar-refractivity contribution in [2.45, 2.75) is 13.8 Å². The van der Waals surface area contributed by atoms with Gasteiger partial charge < -0.3 is 9.64 Å². The maximum absolute atomic E-state index is 8.88. The first kappa shape index (κ1) is 15.3. The van der Waals surface area contributed by atoms with Gasteiger partial charge in [-0.25, -0.2) is 0 Å². The predicted octanol–water partition coefficient (Wildman–Crippen LogP) is 2.71. The minimum atomic E-state index is 0.136. The highest BCUT2D eigenvalue weighted by molar-refractivity contribution is 6.17. The molecule has 0 spiro atoms. The second-order valence-electron chi connectivity index (χ2n) is 4.08. The molecule has 1 aliphatic heterocycles. The van der Waals surface area contributed by atoms with Gasteiger partial charge in [0.05, 0.1) is 13.2 Å². The van der Waals surface area contributed by atoms with Crippen molar-refractivity contribution in [2.24, 2.45) is 0 Å². The van der Waals surface area contributed by atoms with Crippen molar-refractivity contribution in [3.8, 4) is 12.1 Å². The fourth-order valence-electron chi connectivity index (χ4n) is 1.89. The molecule has 19 heavy (non-hydrogen) atoms. The molecule has 0 atom stereocenters. The second kappa shape index (κ2) is 7.63. The summed E-state index contributed by atoms with van der Waals surface area (Å²) >= 11 is 5.54. The van der Waals surface area contributed by atoms with Crippen LogP contribution in [0.2, 0.25) is 0 Å². The molecule has 0 N–H and O–H groups in total. The van der Waals surface area contributed by atoms with E-state index >= 15 is 0 Å². The van der Waals surface area contributed by atoms with E-state index in [0.29, 0.717) is 24.7 Å². The molecule has 1 rings (SSSR count). The van der Waals surface area contributed by atoms with Gasteiger partial charge in [0, 0.05) is 29.4 Å². The van der Waals surface area contributed by atoms with Crippen LogP contribution in [0.15, 0.2) is 34.7 Å². The molecule has 0 saturated carbocycles. The second-order valence-corrected chi connectivity index (χ2v) is 4.46. The molecule has 4 nitrogen and oxygen atoms in total. The Kier molecular flexibility index (Phi) is 6.15. The van der Waals surface area contributed by atoms with Gasteiger partial charge in [0.2, 0.25) is 0 Å². The summed E-state index contributed by atoms with van der Waals surface area (Å²) in [6, 6.07) is 3.82. The number of hydrogen-bond acceptors (Lipinski definition) is 4. The van der Waals surface area contributed by atoms with Crippen LogP contribution in [0, 0.1) is 22.7 Å². The summed E-state index contributed by atoms with van der Waals surface area (Å²) in [6.45, 7) is 5.75. The number of ether oxygens (including phenoxy) is 1. The van der Waals surface area contributed by atoms with Crippen LogP contribution in [0.25, 0.3) is 0 Å². The van der Waals surface area contributed by atoms with E-state index in [-0.39, 0.29) is 5.57 Å². The number of nitriles is 2. The Bertz CT molecular complexity index is 468. The Hall–Kier alpha value is -1.75. The Morgan fingerprint density at radius 3 is 2.26 bits per heavy atom. The maximum Gasteiger partial charge on any atom is 0.137 e. The van der Waals surface area contributed by atoms with Crippen LogP contribution in [-0.2, 0) is 4.74 Å². The Morgan fingerprint density at radius 1 is 1.21 bits per heavy atom. The fraction of sp³-hybridized carbons (Fsp3) is 0.429. The quantitative estimate of drug-likeness (QED) is 0.440. The van der Waals surface area contributed by atoms with E-state index < -0.39 is 0 Å².